The molecule has 1 unspecified atom stereocenters. The van der Waals surface area contributed by atoms with Gasteiger partial charge in [-0.15, -0.1) is 0 Å². The van der Waals surface area contributed by atoms with Gasteiger partial charge in [-0.3, -0.25) is 9.59 Å². The van der Waals surface area contributed by atoms with Gasteiger partial charge in [0.15, 0.2) is 0 Å². The summed E-state index contributed by atoms with van der Waals surface area (Å²) in [5.41, 5.74) is 1.69. The minimum atomic E-state index is -0.0219. The van der Waals surface area contributed by atoms with E-state index in [1.165, 1.54) is 0 Å². The molecule has 0 aromatic heterocycles. The van der Waals surface area contributed by atoms with Crippen molar-refractivity contribution in [2.75, 3.05) is 12.4 Å². The summed E-state index contributed by atoms with van der Waals surface area (Å²) in [5.74, 6) is 0.0125. The Labute approximate surface area is 108 Å². The van der Waals surface area contributed by atoms with Crippen molar-refractivity contribution >= 4 is 17.5 Å². The zero-order valence-electron chi connectivity index (χ0n) is 11.1. The Balaban J connectivity index is 2.60. The van der Waals surface area contributed by atoms with Gasteiger partial charge in [0.1, 0.15) is 0 Å². The number of hydrogen-bond acceptors (Lipinski definition) is 2. The zero-order valence-corrected chi connectivity index (χ0v) is 11.1. The summed E-state index contributed by atoms with van der Waals surface area (Å²) in [6.07, 6.45) is 1.18. The Kier molecular flexibility index (Phi) is 5.36. The van der Waals surface area contributed by atoms with E-state index in [1.54, 1.807) is 7.05 Å². The molecule has 0 fully saturated rings. The van der Waals surface area contributed by atoms with E-state index in [-0.39, 0.29) is 17.7 Å². The zero-order chi connectivity index (χ0) is 13.5. The minimum Gasteiger partial charge on any atom is -0.359 e. The van der Waals surface area contributed by atoms with E-state index in [0.29, 0.717) is 6.42 Å². The van der Waals surface area contributed by atoms with Crippen molar-refractivity contribution in [3.63, 3.8) is 0 Å². The third-order valence-corrected chi connectivity index (χ3v) is 2.92. The topological polar surface area (TPSA) is 58.2 Å². The number of amides is 2. The van der Waals surface area contributed by atoms with E-state index in [0.717, 1.165) is 17.7 Å². The average Bonchev–Trinajstić information content (AvgIpc) is 2.39. The Morgan fingerprint density at radius 2 is 1.83 bits per heavy atom. The van der Waals surface area contributed by atoms with Gasteiger partial charge in [-0.2, -0.15) is 0 Å². The molecule has 0 saturated carbocycles. The van der Waals surface area contributed by atoms with Crippen molar-refractivity contribution < 1.29 is 9.59 Å². The van der Waals surface area contributed by atoms with E-state index in [4.69, 9.17) is 0 Å². The van der Waals surface area contributed by atoms with Crippen LogP contribution in [0, 0.1) is 5.92 Å². The Morgan fingerprint density at radius 1 is 1.22 bits per heavy atom. The maximum atomic E-state index is 11.7. The van der Waals surface area contributed by atoms with Crippen molar-refractivity contribution in [2.45, 2.75) is 26.7 Å². The highest BCUT2D eigenvalue weighted by Gasteiger charge is 2.10. The molecule has 0 saturated heterocycles. The van der Waals surface area contributed by atoms with Crippen LogP contribution in [0.25, 0.3) is 0 Å². The molecule has 0 heterocycles. The summed E-state index contributed by atoms with van der Waals surface area (Å²) >= 11 is 0. The lowest BCUT2D eigenvalue weighted by molar-refractivity contribution is -0.120. The van der Waals surface area contributed by atoms with Gasteiger partial charge in [0, 0.05) is 18.7 Å². The fourth-order valence-corrected chi connectivity index (χ4v) is 1.43. The predicted molar refractivity (Wildman–Crippen MR) is 72.3 cm³/mol. The van der Waals surface area contributed by atoms with Gasteiger partial charge in [-0.05, 0) is 24.1 Å². The second kappa shape index (κ2) is 6.79. The van der Waals surface area contributed by atoms with Gasteiger partial charge in [0.05, 0.1) is 6.42 Å². The molecule has 18 heavy (non-hydrogen) atoms. The van der Waals surface area contributed by atoms with Gasteiger partial charge >= 0.3 is 0 Å². The molecular weight excluding hydrogens is 228 g/mol. The van der Waals surface area contributed by atoms with Crippen LogP contribution in [0.1, 0.15) is 25.8 Å². The van der Waals surface area contributed by atoms with Crippen molar-refractivity contribution in [1.82, 2.24) is 5.32 Å². The van der Waals surface area contributed by atoms with Crippen molar-refractivity contribution in [1.29, 1.82) is 0 Å². The molecule has 1 rings (SSSR count). The van der Waals surface area contributed by atoms with Crippen LogP contribution in [-0.2, 0) is 16.0 Å². The standard InChI is InChI=1S/C14H20N2O2/c1-4-10(2)14(18)16-12-7-5-11(6-8-12)9-13(17)15-3/h5-8,10H,4,9H2,1-3H3,(H,15,17)(H,16,18). The first-order valence-corrected chi connectivity index (χ1v) is 6.17. The minimum absolute atomic E-state index is 0.00976. The van der Waals surface area contributed by atoms with Crippen molar-refractivity contribution in [3.05, 3.63) is 29.8 Å². The summed E-state index contributed by atoms with van der Waals surface area (Å²) in [6, 6.07) is 7.33. The predicted octanol–water partition coefficient (Wildman–Crippen LogP) is 1.96. The van der Waals surface area contributed by atoms with Crippen molar-refractivity contribution in [2.24, 2.45) is 5.92 Å². The average molecular weight is 248 g/mol. The van der Waals surface area contributed by atoms with Crippen LogP contribution in [0.5, 0.6) is 0 Å². The lowest BCUT2D eigenvalue weighted by Crippen LogP contribution is -2.20. The van der Waals surface area contributed by atoms with Crippen LogP contribution in [0.15, 0.2) is 24.3 Å². The molecule has 1 atom stereocenters. The molecular formula is C14H20N2O2. The Bertz CT molecular complexity index is 412. The number of likely N-dealkylation sites (N-methyl/N-ethyl adjacent to an activating group) is 1. The van der Waals surface area contributed by atoms with Crippen LogP contribution in [0.3, 0.4) is 0 Å². The number of rotatable bonds is 5. The highest BCUT2D eigenvalue weighted by atomic mass is 16.2. The largest absolute Gasteiger partial charge is 0.359 e. The molecule has 2 N–H and O–H groups in total. The molecule has 4 nitrogen and oxygen atoms in total. The molecule has 1 aromatic carbocycles. The molecule has 4 heteroatoms. The number of nitrogens with one attached hydrogen (secondary N) is 2. The van der Waals surface area contributed by atoms with E-state index in [1.807, 2.05) is 38.1 Å². The van der Waals surface area contributed by atoms with E-state index in [9.17, 15) is 9.59 Å². The summed E-state index contributed by atoms with van der Waals surface area (Å²) in [7, 11) is 1.61. The third kappa shape index (κ3) is 4.20. The fourth-order valence-electron chi connectivity index (χ4n) is 1.43. The number of anilines is 1. The third-order valence-electron chi connectivity index (χ3n) is 2.92. The number of carbonyl (C=O) groups excluding carboxylic acids is 2. The quantitative estimate of drug-likeness (QED) is 0.837. The fraction of sp³-hybridized carbons (Fsp3) is 0.429. The van der Waals surface area contributed by atoms with Crippen LogP contribution in [-0.4, -0.2) is 18.9 Å². The van der Waals surface area contributed by atoms with Crippen molar-refractivity contribution in [3.8, 4) is 0 Å². The number of carbonyl (C=O) groups is 2. The second-order valence-electron chi connectivity index (χ2n) is 4.35. The Hall–Kier alpha value is -1.84. The van der Waals surface area contributed by atoms with E-state index in [2.05, 4.69) is 10.6 Å². The summed E-state index contributed by atoms with van der Waals surface area (Å²) in [6.45, 7) is 3.88. The summed E-state index contributed by atoms with van der Waals surface area (Å²) in [4.78, 5) is 22.9. The lowest BCUT2D eigenvalue weighted by atomic mass is 10.1. The first-order valence-electron chi connectivity index (χ1n) is 6.17. The monoisotopic (exact) mass is 248 g/mol. The van der Waals surface area contributed by atoms with Crippen LogP contribution < -0.4 is 10.6 Å². The van der Waals surface area contributed by atoms with Gasteiger partial charge in [0.25, 0.3) is 0 Å². The maximum absolute atomic E-state index is 11.7. The first-order chi connectivity index (χ1) is 8.56. The molecule has 1 aromatic rings. The maximum Gasteiger partial charge on any atom is 0.227 e. The van der Waals surface area contributed by atoms with Crippen LogP contribution in [0.4, 0.5) is 5.69 Å². The van der Waals surface area contributed by atoms with Gasteiger partial charge in [-0.1, -0.05) is 26.0 Å². The highest BCUT2D eigenvalue weighted by Crippen LogP contribution is 2.12. The van der Waals surface area contributed by atoms with Crippen LogP contribution in [0.2, 0.25) is 0 Å². The van der Waals surface area contributed by atoms with Gasteiger partial charge in [-0.25, -0.2) is 0 Å². The van der Waals surface area contributed by atoms with E-state index >= 15 is 0 Å². The molecule has 98 valence electrons. The summed E-state index contributed by atoms with van der Waals surface area (Å²) < 4.78 is 0. The molecule has 0 aliphatic heterocycles. The number of hydrogen-bond donors (Lipinski definition) is 2. The highest BCUT2D eigenvalue weighted by molar-refractivity contribution is 5.92. The second-order valence-corrected chi connectivity index (χ2v) is 4.35. The molecule has 0 bridgehead atoms. The molecule has 0 radical (unpaired) electrons. The number of benzene rings is 1. The molecule has 0 aliphatic carbocycles. The lowest BCUT2D eigenvalue weighted by Gasteiger charge is -2.10. The first kappa shape index (κ1) is 14.2. The molecule has 0 spiro atoms. The van der Waals surface area contributed by atoms with Gasteiger partial charge < -0.3 is 10.6 Å². The van der Waals surface area contributed by atoms with E-state index < -0.39 is 0 Å². The molecule has 2 amide bonds. The molecule has 0 aliphatic rings. The summed E-state index contributed by atoms with van der Waals surface area (Å²) in [5, 5.41) is 5.42. The van der Waals surface area contributed by atoms with Crippen LogP contribution >= 0.6 is 0 Å². The smallest absolute Gasteiger partial charge is 0.227 e. The van der Waals surface area contributed by atoms with Gasteiger partial charge in [0.2, 0.25) is 11.8 Å². The Morgan fingerprint density at radius 3 is 2.33 bits per heavy atom. The SMILES string of the molecule is CCC(C)C(=O)Nc1ccc(CC(=O)NC)cc1. The normalized spacial score (nSPS) is 11.7.